The molecule has 2 aliphatic rings. The standard InChI is InChI=1S/C26H30N8O3/c1-2-36-23-12-17-13-28-26(30-18-5-9-21(10-6-18)37-22-4-3-11-27-15-22)31-24(17)33(25(23)35)16-20-14-29-32-34(20)19-7-8-19/h5-6,9-10,12-14,19,22,27H,2-4,7-8,11,15-16H2,1H3,(H,28,30,31). The lowest BCUT2D eigenvalue weighted by Crippen LogP contribution is -2.37. The van der Waals surface area contributed by atoms with Gasteiger partial charge in [0.25, 0.3) is 5.56 Å². The first-order valence-corrected chi connectivity index (χ1v) is 12.8. The molecule has 0 bridgehead atoms. The van der Waals surface area contributed by atoms with E-state index in [-0.39, 0.29) is 24.0 Å². The minimum absolute atomic E-state index is 0.195. The van der Waals surface area contributed by atoms with Gasteiger partial charge in [0.2, 0.25) is 5.95 Å². The number of hydrogen-bond donors (Lipinski definition) is 2. The maximum absolute atomic E-state index is 13.4. The van der Waals surface area contributed by atoms with Crippen molar-refractivity contribution in [3.8, 4) is 11.5 Å². The molecule has 1 saturated heterocycles. The molecule has 3 aromatic heterocycles. The summed E-state index contributed by atoms with van der Waals surface area (Å²) in [5, 5.41) is 15.6. The molecule has 0 amide bonds. The molecule has 1 saturated carbocycles. The van der Waals surface area contributed by atoms with E-state index in [1.807, 2.05) is 35.9 Å². The first-order valence-electron chi connectivity index (χ1n) is 12.8. The molecule has 37 heavy (non-hydrogen) atoms. The van der Waals surface area contributed by atoms with Crippen LogP contribution in [0, 0.1) is 0 Å². The molecule has 0 radical (unpaired) electrons. The summed E-state index contributed by atoms with van der Waals surface area (Å²) in [5.41, 5.74) is 1.95. The zero-order valence-corrected chi connectivity index (χ0v) is 20.8. The summed E-state index contributed by atoms with van der Waals surface area (Å²) in [6, 6.07) is 9.80. The van der Waals surface area contributed by atoms with E-state index < -0.39 is 0 Å². The predicted molar refractivity (Wildman–Crippen MR) is 139 cm³/mol. The number of pyridine rings is 1. The molecule has 11 nitrogen and oxygen atoms in total. The third-order valence-electron chi connectivity index (χ3n) is 6.62. The van der Waals surface area contributed by atoms with Gasteiger partial charge in [0.05, 0.1) is 31.1 Å². The van der Waals surface area contributed by atoms with Crippen LogP contribution >= 0.6 is 0 Å². The zero-order valence-electron chi connectivity index (χ0n) is 20.8. The van der Waals surface area contributed by atoms with Gasteiger partial charge < -0.3 is 20.1 Å². The summed E-state index contributed by atoms with van der Waals surface area (Å²) in [4.78, 5) is 22.6. The van der Waals surface area contributed by atoms with Crippen LogP contribution in [0.4, 0.5) is 11.6 Å². The summed E-state index contributed by atoms with van der Waals surface area (Å²) < 4.78 is 15.2. The number of hydrogen-bond acceptors (Lipinski definition) is 9. The molecule has 1 aliphatic heterocycles. The van der Waals surface area contributed by atoms with Crippen LogP contribution < -0.4 is 25.7 Å². The van der Waals surface area contributed by atoms with Crippen LogP contribution in [0.5, 0.6) is 11.5 Å². The van der Waals surface area contributed by atoms with Gasteiger partial charge in [-0.25, -0.2) is 9.67 Å². The van der Waals surface area contributed by atoms with Gasteiger partial charge in [-0.3, -0.25) is 9.36 Å². The highest BCUT2D eigenvalue weighted by molar-refractivity contribution is 5.77. The van der Waals surface area contributed by atoms with Gasteiger partial charge >= 0.3 is 0 Å². The van der Waals surface area contributed by atoms with Gasteiger partial charge in [0.15, 0.2) is 5.75 Å². The first kappa shape index (κ1) is 23.4. The number of fused-ring (bicyclic) bond motifs is 1. The number of nitrogens with one attached hydrogen (secondary N) is 2. The highest BCUT2D eigenvalue weighted by Crippen LogP contribution is 2.35. The van der Waals surface area contributed by atoms with Gasteiger partial charge in [-0.2, -0.15) is 4.98 Å². The summed E-state index contributed by atoms with van der Waals surface area (Å²) in [7, 11) is 0. The lowest BCUT2D eigenvalue weighted by molar-refractivity contribution is 0.167. The van der Waals surface area contributed by atoms with Crippen molar-refractivity contribution >= 4 is 22.7 Å². The Balaban J connectivity index is 1.28. The molecular formula is C26H30N8O3. The summed E-state index contributed by atoms with van der Waals surface area (Å²) in [6.07, 6.45) is 7.93. The van der Waals surface area contributed by atoms with Crippen LogP contribution in [0.2, 0.25) is 0 Å². The van der Waals surface area contributed by atoms with Gasteiger partial charge in [-0.15, -0.1) is 5.10 Å². The average molecular weight is 503 g/mol. The molecule has 1 unspecified atom stereocenters. The van der Waals surface area contributed by atoms with Crippen LogP contribution in [0.3, 0.4) is 0 Å². The molecule has 0 spiro atoms. The fourth-order valence-corrected chi connectivity index (χ4v) is 4.62. The van der Waals surface area contributed by atoms with Crippen LogP contribution in [-0.2, 0) is 6.54 Å². The van der Waals surface area contributed by atoms with Crippen molar-refractivity contribution in [1.82, 2.24) is 34.8 Å². The Kier molecular flexibility index (Phi) is 6.44. The van der Waals surface area contributed by atoms with Gasteiger partial charge in [0, 0.05) is 23.8 Å². The largest absolute Gasteiger partial charge is 0.489 e. The summed E-state index contributed by atoms with van der Waals surface area (Å²) >= 11 is 0. The van der Waals surface area contributed by atoms with Crippen molar-refractivity contribution in [2.75, 3.05) is 25.0 Å². The van der Waals surface area contributed by atoms with E-state index in [1.165, 1.54) is 0 Å². The Morgan fingerprint density at radius 3 is 2.78 bits per heavy atom. The number of anilines is 2. The van der Waals surface area contributed by atoms with Gasteiger partial charge in [-0.05, 0) is 69.5 Å². The SMILES string of the molecule is CCOc1cc2cnc(Nc3ccc(OC4CCCNC4)cc3)nc2n(Cc2cnnn2C2CC2)c1=O. The molecule has 1 aliphatic carbocycles. The Hall–Kier alpha value is -3.99. The van der Waals surface area contributed by atoms with Crippen molar-refractivity contribution in [3.05, 3.63) is 58.8 Å². The number of aromatic nitrogens is 6. The monoisotopic (exact) mass is 502 g/mol. The van der Waals surface area contributed by atoms with Crippen molar-refractivity contribution in [2.24, 2.45) is 0 Å². The Morgan fingerprint density at radius 1 is 1.16 bits per heavy atom. The molecular weight excluding hydrogens is 472 g/mol. The van der Waals surface area contributed by atoms with E-state index in [4.69, 9.17) is 14.5 Å². The number of nitrogens with zero attached hydrogens (tertiary/aromatic N) is 6. The maximum Gasteiger partial charge on any atom is 0.294 e. The maximum atomic E-state index is 13.4. The van der Waals surface area contributed by atoms with E-state index in [2.05, 4.69) is 25.9 Å². The molecule has 4 aromatic rings. The molecule has 6 rings (SSSR count). The van der Waals surface area contributed by atoms with E-state index in [9.17, 15) is 4.79 Å². The fourth-order valence-electron chi connectivity index (χ4n) is 4.62. The second kappa shape index (κ2) is 10.2. The topological polar surface area (TPSA) is 121 Å². The normalized spacial score (nSPS) is 17.6. The molecule has 2 N–H and O–H groups in total. The lowest BCUT2D eigenvalue weighted by Gasteiger charge is -2.24. The number of benzene rings is 1. The molecule has 11 heteroatoms. The molecule has 1 aromatic carbocycles. The highest BCUT2D eigenvalue weighted by Gasteiger charge is 2.27. The molecule has 4 heterocycles. The van der Waals surface area contributed by atoms with Crippen LogP contribution in [-0.4, -0.2) is 55.3 Å². The smallest absolute Gasteiger partial charge is 0.294 e. The molecule has 1 atom stereocenters. The number of ether oxygens (including phenoxy) is 2. The lowest BCUT2D eigenvalue weighted by atomic mass is 10.1. The second-order valence-electron chi connectivity index (χ2n) is 9.44. The third-order valence-corrected chi connectivity index (χ3v) is 6.62. The third kappa shape index (κ3) is 5.12. The van der Waals surface area contributed by atoms with Crippen molar-refractivity contribution in [3.63, 3.8) is 0 Å². The van der Waals surface area contributed by atoms with Crippen molar-refractivity contribution in [2.45, 2.75) is 51.3 Å². The first-order chi connectivity index (χ1) is 18.2. The van der Waals surface area contributed by atoms with Crippen LogP contribution in [0.1, 0.15) is 44.3 Å². The fraction of sp³-hybridized carbons (Fsp3) is 0.423. The Labute approximate surface area is 213 Å². The van der Waals surface area contributed by atoms with E-state index >= 15 is 0 Å². The minimum Gasteiger partial charge on any atom is -0.489 e. The second-order valence-corrected chi connectivity index (χ2v) is 9.44. The molecule has 2 fully saturated rings. The van der Waals surface area contributed by atoms with Crippen molar-refractivity contribution in [1.29, 1.82) is 0 Å². The van der Waals surface area contributed by atoms with E-state index in [0.29, 0.717) is 29.6 Å². The summed E-state index contributed by atoms with van der Waals surface area (Å²) in [5.74, 6) is 1.49. The number of piperidine rings is 1. The quantitative estimate of drug-likeness (QED) is 0.356. The average Bonchev–Trinajstić information content (AvgIpc) is 3.66. The highest BCUT2D eigenvalue weighted by atomic mass is 16.5. The van der Waals surface area contributed by atoms with Crippen LogP contribution in [0.25, 0.3) is 11.0 Å². The predicted octanol–water partition coefficient (Wildman–Crippen LogP) is 3.04. The van der Waals surface area contributed by atoms with E-state index in [1.54, 1.807) is 23.0 Å². The number of rotatable bonds is 9. The summed E-state index contributed by atoms with van der Waals surface area (Å²) in [6.45, 7) is 4.45. The van der Waals surface area contributed by atoms with Gasteiger partial charge in [0.1, 0.15) is 17.5 Å². The molecule has 192 valence electrons. The van der Waals surface area contributed by atoms with Gasteiger partial charge in [-0.1, -0.05) is 5.21 Å². The Morgan fingerprint density at radius 2 is 2.03 bits per heavy atom. The minimum atomic E-state index is -0.249. The van der Waals surface area contributed by atoms with Crippen LogP contribution in [0.15, 0.2) is 47.5 Å². The zero-order chi connectivity index (χ0) is 25.2. The van der Waals surface area contributed by atoms with Crippen molar-refractivity contribution < 1.29 is 9.47 Å². The van der Waals surface area contributed by atoms with E-state index in [0.717, 1.165) is 55.9 Å². The Bertz CT molecular complexity index is 1440.